The zero-order chi connectivity index (χ0) is 18.3. The molecule has 0 heterocycles. The molecule has 26 heavy (non-hydrogen) atoms. The van der Waals surface area contributed by atoms with Gasteiger partial charge in [0.15, 0.2) is 0 Å². The van der Waals surface area contributed by atoms with Gasteiger partial charge in [-0.2, -0.15) is 8.42 Å². The Hall–Kier alpha value is -1.05. The second kappa shape index (κ2) is 10.9. The summed E-state index contributed by atoms with van der Waals surface area (Å²) in [5, 5.41) is 11.7. The maximum Gasteiger partial charge on any atom is 1.00 e. The first-order valence-corrected chi connectivity index (χ1v) is 9.90. The molecule has 2 aromatic rings. The van der Waals surface area contributed by atoms with E-state index in [9.17, 15) is 18.1 Å². The van der Waals surface area contributed by atoms with Crippen molar-refractivity contribution in [2.75, 3.05) is 0 Å². The predicted octanol–water partition coefficient (Wildman–Crippen LogP) is 1.32. The molecular formula is C19H23NaO5S. The third-order valence-electron chi connectivity index (χ3n) is 3.93. The summed E-state index contributed by atoms with van der Waals surface area (Å²) in [4.78, 5) is -0.296. The normalized spacial score (nSPS) is 11.0. The number of ether oxygens (including phenoxy) is 1. The maximum atomic E-state index is 11.7. The fourth-order valence-electron chi connectivity index (χ4n) is 2.64. The Labute approximate surface area is 177 Å². The van der Waals surface area contributed by atoms with Gasteiger partial charge in [0.2, 0.25) is 0 Å². The Balaban J connectivity index is 0.00000338. The van der Waals surface area contributed by atoms with Gasteiger partial charge in [-0.1, -0.05) is 56.9 Å². The van der Waals surface area contributed by atoms with Gasteiger partial charge in [0.25, 0.3) is 10.1 Å². The molecule has 0 fully saturated rings. The molecule has 0 bridgehead atoms. The molecule has 0 saturated heterocycles. The fraction of sp³-hybridized carbons (Fsp3) is 0.368. The summed E-state index contributed by atoms with van der Waals surface area (Å²) in [7, 11) is -4.39. The van der Waals surface area contributed by atoms with Crippen molar-refractivity contribution in [1.82, 2.24) is 0 Å². The van der Waals surface area contributed by atoms with E-state index in [-0.39, 0.29) is 46.0 Å². The Kier molecular flexibility index (Phi) is 9.68. The Morgan fingerprint density at radius 3 is 2.38 bits per heavy atom. The summed E-state index contributed by atoms with van der Waals surface area (Å²) in [6.07, 6.45) is 6.18. The van der Waals surface area contributed by atoms with Crippen LogP contribution in [-0.2, 0) is 16.5 Å². The van der Waals surface area contributed by atoms with E-state index in [4.69, 9.17) is 4.74 Å². The second-order valence-corrected chi connectivity index (χ2v) is 7.35. The third kappa shape index (κ3) is 6.93. The van der Waals surface area contributed by atoms with Crippen LogP contribution < -0.4 is 39.4 Å². The molecule has 0 aliphatic rings. The average Bonchev–Trinajstić information content (AvgIpc) is 2.56. The molecule has 0 aromatic heterocycles. The van der Waals surface area contributed by atoms with E-state index in [1.807, 2.05) is 0 Å². The molecular weight excluding hydrogens is 363 g/mol. The topological polar surface area (TPSA) is 86.7 Å². The third-order valence-corrected chi connectivity index (χ3v) is 4.82. The van der Waals surface area contributed by atoms with E-state index < -0.39 is 10.1 Å². The van der Waals surface area contributed by atoms with Gasteiger partial charge in [-0.25, -0.2) is 0 Å². The number of aryl methyl sites for hydroxylation is 1. The summed E-state index contributed by atoms with van der Waals surface area (Å²) >= 11 is 0. The van der Waals surface area contributed by atoms with Gasteiger partial charge >= 0.3 is 29.6 Å². The number of unbranched alkanes of at least 4 members (excludes halogenated alkanes) is 4. The van der Waals surface area contributed by atoms with E-state index in [1.165, 1.54) is 36.8 Å². The molecule has 7 heteroatoms. The largest absolute Gasteiger partial charge is 1.00 e. The zero-order valence-electron chi connectivity index (χ0n) is 15.3. The summed E-state index contributed by atoms with van der Waals surface area (Å²) in [5.74, 6) is 0.362. The van der Waals surface area contributed by atoms with Gasteiger partial charge in [0.1, 0.15) is 16.4 Å². The van der Waals surface area contributed by atoms with Gasteiger partial charge in [-0.3, -0.25) is 4.55 Å². The minimum Gasteiger partial charge on any atom is -0.872 e. The summed E-state index contributed by atoms with van der Waals surface area (Å²) in [5.41, 5.74) is 0.745. The first-order valence-electron chi connectivity index (χ1n) is 8.46. The summed E-state index contributed by atoms with van der Waals surface area (Å²) < 4.78 is 38.0. The van der Waals surface area contributed by atoms with E-state index in [0.29, 0.717) is 12.2 Å². The van der Waals surface area contributed by atoms with Crippen molar-refractivity contribution in [3.8, 4) is 17.2 Å². The molecule has 0 unspecified atom stereocenters. The van der Waals surface area contributed by atoms with Crippen LogP contribution in [0, 0.1) is 0 Å². The van der Waals surface area contributed by atoms with Crippen LogP contribution in [0.1, 0.15) is 44.6 Å². The average molecular weight is 386 g/mol. The monoisotopic (exact) mass is 386 g/mol. The molecule has 0 radical (unpaired) electrons. The van der Waals surface area contributed by atoms with Crippen LogP contribution in [0.2, 0.25) is 0 Å². The van der Waals surface area contributed by atoms with Gasteiger partial charge < -0.3 is 9.84 Å². The molecule has 1 N–H and O–H groups in total. The summed E-state index contributed by atoms with van der Waals surface area (Å²) in [6, 6.07) is 10.3. The van der Waals surface area contributed by atoms with E-state index >= 15 is 0 Å². The molecule has 0 saturated carbocycles. The Bertz CT molecular complexity index is 805. The number of benzene rings is 2. The second-order valence-electron chi connectivity index (χ2n) is 5.96. The van der Waals surface area contributed by atoms with Crippen molar-refractivity contribution < 1.29 is 52.4 Å². The molecule has 5 nitrogen and oxygen atoms in total. The molecule has 0 aliphatic heterocycles. The first-order chi connectivity index (χ1) is 11.9. The molecule has 0 atom stereocenters. The van der Waals surface area contributed by atoms with Gasteiger partial charge in [0.05, 0.1) is 0 Å². The van der Waals surface area contributed by atoms with Crippen molar-refractivity contribution in [2.24, 2.45) is 0 Å². The maximum absolute atomic E-state index is 11.7. The standard InChI is InChI=1S/C19H24O5S.Na/c1-2-3-4-5-6-9-15-14-16(20)12-13-17(15)24-18-10-7-8-11-19(18)25(21,22)23;/h7-8,10-14,20H,2-6,9H2,1H3,(H,21,22,23);/q;+1/p-1. The predicted molar refractivity (Wildman–Crippen MR) is 94.7 cm³/mol. The molecule has 0 aliphatic carbocycles. The first kappa shape index (κ1) is 23.0. The van der Waals surface area contributed by atoms with Gasteiger partial charge in [0, 0.05) is 0 Å². The van der Waals surface area contributed by atoms with Crippen LogP contribution in [-0.4, -0.2) is 13.0 Å². The van der Waals surface area contributed by atoms with Crippen molar-refractivity contribution in [3.05, 3.63) is 48.0 Å². The number of para-hydroxylation sites is 1. The number of hydrogen-bond acceptors (Lipinski definition) is 4. The summed E-state index contributed by atoms with van der Waals surface area (Å²) in [6.45, 7) is 2.15. The molecule has 0 amide bonds. The van der Waals surface area contributed by atoms with E-state index in [0.717, 1.165) is 31.2 Å². The molecule has 136 valence electrons. The molecule has 2 aromatic carbocycles. The molecule has 0 spiro atoms. The van der Waals surface area contributed by atoms with Crippen molar-refractivity contribution >= 4 is 10.1 Å². The van der Waals surface area contributed by atoms with Crippen LogP contribution >= 0.6 is 0 Å². The molecule has 2 rings (SSSR count). The SMILES string of the molecule is CCCCCCCc1cc([O-])ccc1Oc1ccccc1S(=O)(=O)O.[Na+]. The number of hydrogen-bond donors (Lipinski definition) is 1. The van der Waals surface area contributed by atoms with Crippen molar-refractivity contribution in [3.63, 3.8) is 0 Å². The van der Waals surface area contributed by atoms with Crippen molar-refractivity contribution in [1.29, 1.82) is 0 Å². The van der Waals surface area contributed by atoms with Crippen LogP contribution in [0.3, 0.4) is 0 Å². The van der Waals surface area contributed by atoms with Gasteiger partial charge in [-0.05, 0) is 36.6 Å². The van der Waals surface area contributed by atoms with E-state index in [1.54, 1.807) is 12.1 Å². The van der Waals surface area contributed by atoms with Gasteiger partial charge in [-0.15, -0.1) is 5.75 Å². The van der Waals surface area contributed by atoms with Crippen LogP contribution in [0.25, 0.3) is 0 Å². The van der Waals surface area contributed by atoms with Crippen LogP contribution in [0.4, 0.5) is 0 Å². The zero-order valence-corrected chi connectivity index (χ0v) is 18.1. The van der Waals surface area contributed by atoms with Crippen molar-refractivity contribution in [2.45, 2.75) is 50.3 Å². The Morgan fingerprint density at radius 1 is 1.00 bits per heavy atom. The number of rotatable bonds is 9. The minimum atomic E-state index is -4.39. The quantitative estimate of drug-likeness (QED) is 0.399. The minimum absolute atomic E-state index is 0. The van der Waals surface area contributed by atoms with Crippen LogP contribution in [0.5, 0.6) is 17.2 Å². The van der Waals surface area contributed by atoms with Crippen LogP contribution in [0.15, 0.2) is 47.4 Å². The van der Waals surface area contributed by atoms with E-state index in [2.05, 4.69) is 6.92 Å². The Morgan fingerprint density at radius 2 is 1.69 bits per heavy atom. The fourth-order valence-corrected chi connectivity index (χ4v) is 3.25. The smallest absolute Gasteiger partial charge is 0.872 e.